The fourth-order valence-electron chi connectivity index (χ4n) is 2.13. The molecule has 0 bridgehead atoms. The molecule has 1 nitrogen and oxygen atoms in total. The zero-order valence-corrected chi connectivity index (χ0v) is 10.3. The second-order valence-electron chi connectivity index (χ2n) is 4.40. The van der Waals surface area contributed by atoms with Gasteiger partial charge in [0.25, 0.3) is 0 Å². The normalized spacial score (nSPS) is 10.7. The first-order chi connectivity index (χ1) is 8.51. The summed E-state index contributed by atoms with van der Waals surface area (Å²) in [5.74, 6) is -1.18. The molecule has 0 atom stereocenters. The quantitative estimate of drug-likeness (QED) is 0.858. The molecule has 2 aromatic rings. The molecule has 0 radical (unpaired) electrons. The first-order valence-electron chi connectivity index (χ1n) is 5.68. The summed E-state index contributed by atoms with van der Waals surface area (Å²) in [6.45, 7) is 3.71. The van der Waals surface area contributed by atoms with Crippen LogP contribution in [0, 0.1) is 25.5 Å². The first kappa shape index (κ1) is 12.7. The largest absolute Gasteiger partial charge is 0.392 e. The van der Waals surface area contributed by atoms with Gasteiger partial charge in [-0.25, -0.2) is 8.78 Å². The van der Waals surface area contributed by atoms with Crippen molar-refractivity contribution in [1.82, 2.24) is 0 Å². The van der Waals surface area contributed by atoms with E-state index in [9.17, 15) is 13.9 Å². The zero-order valence-electron chi connectivity index (χ0n) is 10.3. The minimum Gasteiger partial charge on any atom is -0.392 e. The predicted octanol–water partition coefficient (Wildman–Crippen LogP) is 3.74. The Hall–Kier alpha value is -1.74. The number of rotatable bonds is 2. The Bertz CT molecular complexity index is 548. The number of aryl methyl sites for hydroxylation is 2. The maximum atomic E-state index is 13.2. The van der Waals surface area contributed by atoms with E-state index < -0.39 is 11.6 Å². The Morgan fingerprint density at radius 3 is 1.72 bits per heavy atom. The summed E-state index contributed by atoms with van der Waals surface area (Å²) in [6, 6.07) is 7.11. The zero-order chi connectivity index (χ0) is 13.3. The van der Waals surface area contributed by atoms with E-state index in [-0.39, 0.29) is 6.61 Å². The summed E-state index contributed by atoms with van der Waals surface area (Å²) >= 11 is 0. The van der Waals surface area contributed by atoms with Crippen molar-refractivity contribution < 1.29 is 13.9 Å². The van der Waals surface area contributed by atoms with Crippen LogP contribution >= 0.6 is 0 Å². The van der Waals surface area contributed by atoms with Gasteiger partial charge in [-0.2, -0.15) is 0 Å². The highest BCUT2D eigenvalue weighted by Crippen LogP contribution is 2.26. The standard InChI is InChI=1S/C15H14F2O/c1-9-3-11(4-10(2)15(9)8-18)12-5-13(16)7-14(17)6-12/h3-7,18H,8H2,1-2H3. The number of aliphatic hydroxyl groups is 1. The Kier molecular flexibility index (Phi) is 3.43. The lowest BCUT2D eigenvalue weighted by molar-refractivity contribution is 0.280. The lowest BCUT2D eigenvalue weighted by Crippen LogP contribution is -1.95. The van der Waals surface area contributed by atoms with Crippen molar-refractivity contribution in [3.05, 3.63) is 58.7 Å². The van der Waals surface area contributed by atoms with Gasteiger partial charge in [-0.05, 0) is 53.8 Å². The smallest absolute Gasteiger partial charge is 0.126 e. The first-order valence-corrected chi connectivity index (χ1v) is 5.68. The van der Waals surface area contributed by atoms with E-state index in [4.69, 9.17) is 0 Å². The van der Waals surface area contributed by atoms with E-state index in [0.29, 0.717) is 5.56 Å². The summed E-state index contributed by atoms with van der Waals surface area (Å²) in [7, 11) is 0. The highest BCUT2D eigenvalue weighted by atomic mass is 19.1. The predicted molar refractivity (Wildman–Crippen MR) is 67.2 cm³/mol. The van der Waals surface area contributed by atoms with Gasteiger partial charge in [0, 0.05) is 6.07 Å². The van der Waals surface area contributed by atoms with Gasteiger partial charge in [0.1, 0.15) is 11.6 Å². The fraction of sp³-hybridized carbons (Fsp3) is 0.200. The monoisotopic (exact) mass is 248 g/mol. The minimum atomic E-state index is -0.591. The third-order valence-electron chi connectivity index (χ3n) is 3.05. The molecule has 3 heteroatoms. The highest BCUT2D eigenvalue weighted by Gasteiger charge is 2.08. The third-order valence-corrected chi connectivity index (χ3v) is 3.05. The van der Waals surface area contributed by atoms with Crippen LogP contribution < -0.4 is 0 Å². The van der Waals surface area contributed by atoms with Gasteiger partial charge in [-0.15, -0.1) is 0 Å². The SMILES string of the molecule is Cc1cc(-c2cc(F)cc(F)c2)cc(C)c1CO. The van der Waals surface area contributed by atoms with Crippen LogP contribution in [0.15, 0.2) is 30.3 Å². The molecular weight excluding hydrogens is 234 g/mol. The number of halogens is 2. The van der Waals surface area contributed by atoms with Crippen molar-refractivity contribution in [3.8, 4) is 11.1 Å². The summed E-state index contributed by atoms with van der Waals surface area (Å²) in [6.07, 6.45) is 0. The summed E-state index contributed by atoms with van der Waals surface area (Å²) in [5, 5.41) is 9.23. The Morgan fingerprint density at radius 2 is 1.28 bits per heavy atom. The van der Waals surface area contributed by atoms with Gasteiger partial charge < -0.3 is 5.11 Å². The van der Waals surface area contributed by atoms with Crippen molar-refractivity contribution in [2.75, 3.05) is 0 Å². The lowest BCUT2D eigenvalue weighted by atomic mass is 9.96. The van der Waals surface area contributed by atoms with Crippen LogP contribution in [0.5, 0.6) is 0 Å². The molecule has 0 spiro atoms. The van der Waals surface area contributed by atoms with Gasteiger partial charge in [0.15, 0.2) is 0 Å². The van der Waals surface area contributed by atoms with E-state index in [0.717, 1.165) is 28.3 Å². The Labute approximate surface area is 105 Å². The molecule has 2 aromatic carbocycles. The average molecular weight is 248 g/mol. The molecule has 0 saturated heterocycles. The summed E-state index contributed by atoms with van der Waals surface area (Å²) in [5.41, 5.74) is 3.94. The molecule has 0 aliphatic heterocycles. The molecule has 0 aliphatic rings. The Balaban J connectivity index is 2.58. The molecule has 0 unspecified atom stereocenters. The molecule has 0 saturated carbocycles. The molecule has 0 aromatic heterocycles. The van der Waals surface area contributed by atoms with Crippen LogP contribution in [0.3, 0.4) is 0 Å². The maximum Gasteiger partial charge on any atom is 0.126 e. The molecule has 0 aliphatic carbocycles. The molecule has 0 fully saturated rings. The molecule has 0 amide bonds. The molecule has 18 heavy (non-hydrogen) atoms. The summed E-state index contributed by atoms with van der Waals surface area (Å²) < 4.78 is 26.4. The number of hydrogen-bond acceptors (Lipinski definition) is 1. The van der Waals surface area contributed by atoms with Crippen molar-refractivity contribution in [3.63, 3.8) is 0 Å². The van der Waals surface area contributed by atoms with E-state index in [1.54, 1.807) is 0 Å². The van der Waals surface area contributed by atoms with Crippen LogP contribution in [0.4, 0.5) is 8.78 Å². The maximum absolute atomic E-state index is 13.2. The van der Waals surface area contributed by atoms with Gasteiger partial charge >= 0.3 is 0 Å². The molecule has 0 heterocycles. The number of benzene rings is 2. The fourth-order valence-corrected chi connectivity index (χ4v) is 2.13. The molecular formula is C15H14F2O. The van der Waals surface area contributed by atoms with Crippen LogP contribution in [0.2, 0.25) is 0 Å². The van der Waals surface area contributed by atoms with Crippen molar-refractivity contribution >= 4 is 0 Å². The van der Waals surface area contributed by atoms with E-state index in [1.165, 1.54) is 12.1 Å². The van der Waals surface area contributed by atoms with Crippen LogP contribution in [-0.4, -0.2) is 5.11 Å². The van der Waals surface area contributed by atoms with Crippen LogP contribution in [0.25, 0.3) is 11.1 Å². The van der Waals surface area contributed by atoms with E-state index >= 15 is 0 Å². The van der Waals surface area contributed by atoms with Crippen LogP contribution in [-0.2, 0) is 6.61 Å². The average Bonchev–Trinajstić information content (AvgIpc) is 2.27. The topological polar surface area (TPSA) is 20.2 Å². The number of aliphatic hydroxyl groups excluding tert-OH is 1. The van der Waals surface area contributed by atoms with E-state index in [1.807, 2.05) is 26.0 Å². The summed E-state index contributed by atoms with van der Waals surface area (Å²) in [4.78, 5) is 0. The van der Waals surface area contributed by atoms with Gasteiger partial charge in [0.05, 0.1) is 6.61 Å². The van der Waals surface area contributed by atoms with Crippen LogP contribution in [0.1, 0.15) is 16.7 Å². The second kappa shape index (κ2) is 4.86. The Morgan fingerprint density at radius 1 is 0.833 bits per heavy atom. The van der Waals surface area contributed by atoms with Gasteiger partial charge in [-0.3, -0.25) is 0 Å². The molecule has 94 valence electrons. The molecule has 1 N–H and O–H groups in total. The van der Waals surface area contributed by atoms with Crippen molar-refractivity contribution in [2.24, 2.45) is 0 Å². The van der Waals surface area contributed by atoms with E-state index in [2.05, 4.69) is 0 Å². The number of hydrogen-bond donors (Lipinski definition) is 1. The van der Waals surface area contributed by atoms with Gasteiger partial charge in [0.2, 0.25) is 0 Å². The third kappa shape index (κ3) is 2.41. The molecule has 2 rings (SSSR count). The second-order valence-corrected chi connectivity index (χ2v) is 4.40. The van der Waals surface area contributed by atoms with Gasteiger partial charge in [-0.1, -0.05) is 12.1 Å². The van der Waals surface area contributed by atoms with Crippen molar-refractivity contribution in [2.45, 2.75) is 20.5 Å². The highest BCUT2D eigenvalue weighted by molar-refractivity contribution is 5.66. The lowest BCUT2D eigenvalue weighted by Gasteiger charge is -2.11. The van der Waals surface area contributed by atoms with Crippen molar-refractivity contribution in [1.29, 1.82) is 0 Å². The minimum absolute atomic E-state index is 0.0323.